The minimum absolute atomic E-state index is 0.155. The largest absolute Gasteiger partial charge is 0.416 e. The van der Waals surface area contributed by atoms with Gasteiger partial charge in [0.05, 0.1) is 16.9 Å². The Balaban J connectivity index is 1.83. The Morgan fingerprint density at radius 2 is 1.86 bits per heavy atom. The van der Waals surface area contributed by atoms with Gasteiger partial charge in [0.15, 0.2) is 0 Å². The molecule has 0 aliphatic heterocycles. The molecule has 2 rings (SSSR count). The molecule has 3 N–H and O–H groups in total. The Bertz CT molecular complexity index is 463. The molecule has 0 saturated heterocycles. The van der Waals surface area contributed by atoms with Crippen molar-refractivity contribution in [2.75, 3.05) is 17.6 Å². The highest BCUT2D eigenvalue weighted by molar-refractivity contribution is 5.67. The first kappa shape index (κ1) is 16.0. The number of nitrogen functional groups attached to an aromatic ring is 1. The van der Waals surface area contributed by atoms with Crippen molar-refractivity contribution in [3.63, 3.8) is 0 Å². The lowest BCUT2D eigenvalue weighted by molar-refractivity contribution is -0.137. The smallest absolute Gasteiger partial charge is 0.397 e. The Morgan fingerprint density at radius 3 is 2.43 bits per heavy atom. The molecule has 0 heterocycles. The molecule has 21 heavy (non-hydrogen) atoms. The third kappa shape index (κ3) is 4.55. The lowest BCUT2D eigenvalue weighted by atomic mass is 9.81. The topological polar surface area (TPSA) is 38.0 Å². The zero-order valence-corrected chi connectivity index (χ0v) is 12.3. The fourth-order valence-corrected chi connectivity index (χ4v) is 2.93. The molecule has 1 aliphatic rings. The summed E-state index contributed by atoms with van der Waals surface area (Å²) < 4.78 is 37.7. The van der Waals surface area contributed by atoms with Crippen LogP contribution in [0.25, 0.3) is 0 Å². The molecule has 1 saturated carbocycles. The highest BCUT2D eigenvalue weighted by atomic mass is 19.4. The highest BCUT2D eigenvalue weighted by Gasteiger charge is 2.30. The van der Waals surface area contributed by atoms with Gasteiger partial charge in [-0.3, -0.25) is 0 Å². The van der Waals surface area contributed by atoms with E-state index in [0.717, 1.165) is 36.9 Å². The van der Waals surface area contributed by atoms with Crippen LogP contribution in [-0.2, 0) is 6.18 Å². The van der Waals surface area contributed by atoms with Gasteiger partial charge in [0, 0.05) is 6.54 Å². The Kier molecular flexibility index (Phi) is 5.01. The van der Waals surface area contributed by atoms with Crippen molar-refractivity contribution in [3.05, 3.63) is 23.8 Å². The zero-order chi connectivity index (χ0) is 15.5. The average molecular weight is 300 g/mol. The second-order valence-corrected chi connectivity index (χ2v) is 6.14. The van der Waals surface area contributed by atoms with E-state index in [1.807, 2.05) is 0 Å². The lowest BCUT2D eigenvalue weighted by Gasteiger charge is -2.26. The zero-order valence-electron chi connectivity index (χ0n) is 12.3. The van der Waals surface area contributed by atoms with Crippen molar-refractivity contribution in [2.24, 2.45) is 11.8 Å². The maximum Gasteiger partial charge on any atom is 0.416 e. The number of rotatable bonds is 4. The van der Waals surface area contributed by atoms with Gasteiger partial charge >= 0.3 is 6.18 Å². The fourth-order valence-electron chi connectivity index (χ4n) is 2.93. The standard InChI is InChI=1S/C16H23F3N2/c1-11-2-4-12(5-3-11)8-9-21-15-7-6-13(10-14(15)20)16(17,18)19/h6-7,10-12,21H,2-5,8-9,20H2,1H3. The van der Waals surface area contributed by atoms with Gasteiger partial charge in [-0.05, 0) is 36.5 Å². The van der Waals surface area contributed by atoms with E-state index in [2.05, 4.69) is 12.2 Å². The van der Waals surface area contributed by atoms with Crippen LogP contribution in [0.4, 0.5) is 24.5 Å². The molecule has 0 unspecified atom stereocenters. The Hall–Kier alpha value is -1.39. The van der Waals surface area contributed by atoms with Crippen LogP contribution >= 0.6 is 0 Å². The van der Waals surface area contributed by atoms with Crippen LogP contribution < -0.4 is 11.1 Å². The second kappa shape index (κ2) is 6.58. The van der Waals surface area contributed by atoms with E-state index in [1.165, 1.54) is 31.7 Å². The third-order valence-corrected chi connectivity index (χ3v) is 4.38. The highest BCUT2D eigenvalue weighted by Crippen LogP contribution is 2.33. The molecule has 1 aliphatic carbocycles. The summed E-state index contributed by atoms with van der Waals surface area (Å²) in [5, 5.41) is 3.16. The fraction of sp³-hybridized carbons (Fsp3) is 0.625. The maximum atomic E-state index is 12.6. The predicted octanol–water partition coefficient (Wildman–Crippen LogP) is 4.92. The van der Waals surface area contributed by atoms with Crippen molar-refractivity contribution in [2.45, 2.75) is 45.2 Å². The van der Waals surface area contributed by atoms with Crippen molar-refractivity contribution in [1.82, 2.24) is 0 Å². The van der Waals surface area contributed by atoms with Crippen LogP contribution in [0.3, 0.4) is 0 Å². The molecule has 0 radical (unpaired) electrons. The van der Waals surface area contributed by atoms with Crippen LogP contribution in [-0.4, -0.2) is 6.54 Å². The van der Waals surface area contributed by atoms with E-state index in [-0.39, 0.29) is 5.69 Å². The molecule has 0 amide bonds. The molecule has 1 aromatic carbocycles. The van der Waals surface area contributed by atoms with Crippen molar-refractivity contribution in [1.29, 1.82) is 0 Å². The van der Waals surface area contributed by atoms with E-state index >= 15 is 0 Å². The van der Waals surface area contributed by atoms with E-state index in [9.17, 15) is 13.2 Å². The third-order valence-electron chi connectivity index (χ3n) is 4.38. The number of alkyl halides is 3. The summed E-state index contributed by atoms with van der Waals surface area (Å²) in [6, 6.07) is 3.48. The summed E-state index contributed by atoms with van der Waals surface area (Å²) in [4.78, 5) is 0. The first-order valence-corrected chi connectivity index (χ1v) is 7.57. The minimum Gasteiger partial charge on any atom is -0.397 e. The first-order chi connectivity index (χ1) is 9.86. The number of hydrogen-bond donors (Lipinski definition) is 2. The van der Waals surface area contributed by atoms with Crippen LogP contribution in [0.2, 0.25) is 0 Å². The molecule has 0 spiro atoms. The van der Waals surface area contributed by atoms with E-state index in [0.29, 0.717) is 5.69 Å². The molecule has 2 nitrogen and oxygen atoms in total. The van der Waals surface area contributed by atoms with Gasteiger partial charge in [0.1, 0.15) is 0 Å². The van der Waals surface area contributed by atoms with Crippen LogP contribution in [0.1, 0.15) is 44.6 Å². The number of benzene rings is 1. The molecule has 1 fully saturated rings. The summed E-state index contributed by atoms with van der Waals surface area (Å²) in [7, 11) is 0. The van der Waals surface area contributed by atoms with Gasteiger partial charge in [-0.15, -0.1) is 0 Å². The minimum atomic E-state index is -4.34. The van der Waals surface area contributed by atoms with Crippen LogP contribution in [0, 0.1) is 11.8 Å². The molecule has 0 aromatic heterocycles. The lowest BCUT2D eigenvalue weighted by Crippen LogP contribution is -2.16. The van der Waals surface area contributed by atoms with E-state index in [4.69, 9.17) is 5.73 Å². The molecule has 1 aromatic rings. The number of nitrogens with one attached hydrogen (secondary N) is 1. The molecule has 0 bridgehead atoms. The van der Waals surface area contributed by atoms with Gasteiger partial charge in [-0.1, -0.05) is 32.6 Å². The quantitative estimate of drug-likeness (QED) is 0.775. The van der Waals surface area contributed by atoms with E-state index in [1.54, 1.807) is 0 Å². The molecule has 118 valence electrons. The van der Waals surface area contributed by atoms with Crippen molar-refractivity contribution >= 4 is 11.4 Å². The number of hydrogen-bond acceptors (Lipinski definition) is 2. The van der Waals surface area contributed by atoms with Gasteiger partial charge < -0.3 is 11.1 Å². The Labute approximate surface area is 123 Å². The van der Waals surface area contributed by atoms with Gasteiger partial charge in [-0.25, -0.2) is 0 Å². The van der Waals surface area contributed by atoms with Crippen molar-refractivity contribution in [3.8, 4) is 0 Å². The number of nitrogens with two attached hydrogens (primary N) is 1. The van der Waals surface area contributed by atoms with Gasteiger partial charge in [-0.2, -0.15) is 13.2 Å². The molecular weight excluding hydrogens is 277 g/mol. The van der Waals surface area contributed by atoms with Crippen LogP contribution in [0.15, 0.2) is 18.2 Å². The summed E-state index contributed by atoms with van der Waals surface area (Å²) in [6.07, 6.45) is 1.79. The molecule has 5 heteroatoms. The molecular formula is C16H23F3N2. The first-order valence-electron chi connectivity index (χ1n) is 7.57. The number of anilines is 2. The normalized spacial score (nSPS) is 23.0. The van der Waals surface area contributed by atoms with Crippen molar-refractivity contribution < 1.29 is 13.2 Å². The monoisotopic (exact) mass is 300 g/mol. The van der Waals surface area contributed by atoms with Gasteiger partial charge in [0.25, 0.3) is 0 Å². The van der Waals surface area contributed by atoms with Gasteiger partial charge in [0.2, 0.25) is 0 Å². The average Bonchev–Trinajstić information content (AvgIpc) is 2.41. The SMILES string of the molecule is CC1CCC(CCNc2ccc(C(F)(F)F)cc2N)CC1. The van der Waals surface area contributed by atoms with E-state index < -0.39 is 11.7 Å². The summed E-state index contributed by atoms with van der Waals surface area (Å²) in [5.41, 5.74) is 5.74. The summed E-state index contributed by atoms with van der Waals surface area (Å²) in [6.45, 7) is 3.05. The summed E-state index contributed by atoms with van der Waals surface area (Å²) >= 11 is 0. The summed E-state index contributed by atoms with van der Waals surface area (Å²) in [5.74, 6) is 1.56. The molecule has 0 atom stereocenters. The second-order valence-electron chi connectivity index (χ2n) is 6.14. The maximum absolute atomic E-state index is 12.6. The number of halogens is 3. The van der Waals surface area contributed by atoms with Crippen LogP contribution in [0.5, 0.6) is 0 Å². The Morgan fingerprint density at radius 1 is 1.19 bits per heavy atom. The predicted molar refractivity (Wildman–Crippen MR) is 80.1 cm³/mol.